The second kappa shape index (κ2) is 5.13. The van der Waals surface area contributed by atoms with Crippen LogP contribution in [0.3, 0.4) is 0 Å². The van der Waals surface area contributed by atoms with Gasteiger partial charge in [-0.1, -0.05) is 11.6 Å². The predicted molar refractivity (Wildman–Crippen MR) is 77.5 cm³/mol. The van der Waals surface area contributed by atoms with Crippen LogP contribution in [0, 0.1) is 0 Å². The van der Waals surface area contributed by atoms with Gasteiger partial charge >= 0.3 is 5.69 Å². The number of nitrogens with zero attached hydrogens (tertiary/aromatic N) is 2. The predicted octanol–water partition coefficient (Wildman–Crippen LogP) is 2.81. The first-order valence-corrected chi connectivity index (χ1v) is 6.94. The van der Waals surface area contributed by atoms with Crippen LogP contribution in [0.1, 0.15) is 19.3 Å². The van der Waals surface area contributed by atoms with Crippen molar-refractivity contribution in [1.29, 1.82) is 0 Å². The van der Waals surface area contributed by atoms with Gasteiger partial charge in [0.1, 0.15) is 5.82 Å². The van der Waals surface area contributed by atoms with E-state index in [-0.39, 0.29) is 5.69 Å². The topological polar surface area (TPSA) is 41.0 Å². The summed E-state index contributed by atoms with van der Waals surface area (Å²) in [6, 6.07) is 7.27. The molecule has 1 N–H and O–H groups in total. The molecule has 0 unspecified atom stereocenters. The molecule has 100 valence electrons. The first kappa shape index (κ1) is 12.4. The lowest BCUT2D eigenvalue weighted by molar-refractivity contribution is 0.574. The van der Waals surface area contributed by atoms with Crippen molar-refractivity contribution < 1.29 is 0 Å². The Labute approximate surface area is 116 Å². The lowest BCUT2D eigenvalue weighted by atomic mass is 10.1. The summed E-state index contributed by atoms with van der Waals surface area (Å²) in [5, 5.41) is 0.670. The Morgan fingerprint density at radius 1 is 1.05 bits per heavy atom. The molecular formula is C14H16ClN3O. The van der Waals surface area contributed by atoms with Crippen molar-refractivity contribution in [3.63, 3.8) is 0 Å². The van der Waals surface area contributed by atoms with E-state index in [1.54, 1.807) is 16.7 Å². The van der Waals surface area contributed by atoms with Gasteiger partial charge in [0.2, 0.25) is 0 Å². The number of nitrogens with one attached hydrogen (secondary N) is 1. The zero-order valence-corrected chi connectivity index (χ0v) is 11.4. The lowest BCUT2D eigenvalue weighted by Crippen LogP contribution is -2.29. The lowest BCUT2D eigenvalue weighted by Gasteiger charge is -2.26. The van der Waals surface area contributed by atoms with Crippen LogP contribution in [-0.4, -0.2) is 22.6 Å². The largest absolute Gasteiger partial charge is 0.357 e. The number of piperidine rings is 1. The van der Waals surface area contributed by atoms with Crippen LogP contribution in [0.15, 0.2) is 35.3 Å². The Morgan fingerprint density at radius 3 is 2.42 bits per heavy atom. The second-order valence-corrected chi connectivity index (χ2v) is 5.28. The molecule has 1 aromatic heterocycles. The van der Waals surface area contributed by atoms with E-state index in [1.165, 1.54) is 19.3 Å². The molecule has 1 fully saturated rings. The summed E-state index contributed by atoms with van der Waals surface area (Å²) < 4.78 is 1.63. The van der Waals surface area contributed by atoms with E-state index in [0.29, 0.717) is 5.02 Å². The molecule has 0 radical (unpaired) electrons. The molecule has 1 aliphatic rings. The number of halogens is 1. The van der Waals surface area contributed by atoms with Gasteiger partial charge in [-0.15, -0.1) is 0 Å². The minimum absolute atomic E-state index is 0.108. The van der Waals surface area contributed by atoms with Crippen LogP contribution in [0.2, 0.25) is 5.02 Å². The summed E-state index contributed by atoms with van der Waals surface area (Å²) in [6.45, 7) is 2.03. The Balaban J connectivity index is 1.92. The molecule has 0 bridgehead atoms. The van der Waals surface area contributed by atoms with Crippen molar-refractivity contribution in [2.24, 2.45) is 0 Å². The molecular weight excluding hydrogens is 262 g/mol. The van der Waals surface area contributed by atoms with Crippen LogP contribution >= 0.6 is 11.6 Å². The molecule has 3 rings (SSSR count). The average molecular weight is 278 g/mol. The van der Waals surface area contributed by atoms with Gasteiger partial charge in [0, 0.05) is 18.1 Å². The number of rotatable bonds is 2. The zero-order chi connectivity index (χ0) is 13.2. The van der Waals surface area contributed by atoms with E-state index in [1.807, 2.05) is 18.3 Å². The highest BCUT2D eigenvalue weighted by Gasteiger charge is 2.14. The molecule has 0 atom stereocenters. The summed E-state index contributed by atoms with van der Waals surface area (Å²) >= 11 is 5.86. The van der Waals surface area contributed by atoms with Crippen molar-refractivity contribution in [2.45, 2.75) is 19.3 Å². The molecule has 4 nitrogen and oxygen atoms in total. The van der Waals surface area contributed by atoms with Gasteiger partial charge in [0.15, 0.2) is 0 Å². The Morgan fingerprint density at radius 2 is 1.74 bits per heavy atom. The third-order valence-electron chi connectivity index (χ3n) is 3.51. The third kappa shape index (κ3) is 2.54. The van der Waals surface area contributed by atoms with Gasteiger partial charge in [0.25, 0.3) is 0 Å². The summed E-state index contributed by atoms with van der Waals surface area (Å²) in [7, 11) is 0. The van der Waals surface area contributed by atoms with Crippen molar-refractivity contribution in [3.8, 4) is 5.69 Å². The number of hydrogen-bond acceptors (Lipinski definition) is 2. The fraction of sp³-hybridized carbons (Fsp3) is 0.357. The van der Waals surface area contributed by atoms with Gasteiger partial charge < -0.3 is 4.90 Å². The Kier molecular flexibility index (Phi) is 3.34. The monoisotopic (exact) mass is 277 g/mol. The maximum absolute atomic E-state index is 12.0. The first-order chi connectivity index (χ1) is 9.24. The molecule has 1 aliphatic heterocycles. The van der Waals surface area contributed by atoms with Gasteiger partial charge in [0.05, 0.1) is 11.9 Å². The molecule has 5 heteroatoms. The summed E-state index contributed by atoms with van der Waals surface area (Å²) in [6.07, 6.45) is 5.53. The van der Waals surface area contributed by atoms with Crippen molar-refractivity contribution >= 4 is 17.4 Å². The summed E-state index contributed by atoms with van der Waals surface area (Å²) in [5.41, 5.74) is 0.719. The second-order valence-electron chi connectivity index (χ2n) is 4.84. The molecule has 0 amide bonds. The SMILES string of the molecule is O=c1[nH]c(N2CCCCC2)cn1-c1ccc(Cl)cc1. The zero-order valence-electron chi connectivity index (χ0n) is 10.6. The van der Waals surface area contributed by atoms with Crippen LogP contribution < -0.4 is 10.6 Å². The van der Waals surface area contributed by atoms with Crippen molar-refractivity contribution in [2.75, 3.05) is 18.0 Å². The highest BCUT2D eigenvalue weighted by Crippen LogP contribution is 2.18. The fourth-order valence-electron chi connectivity index (χ4n) is 2.47. The van der Waals surface area contributed by atoms with E-state index in [0.717, 1.165) is 24.6 Å². The van der Waals surface area contributed by atoms with E-state index in [4.69, 9.17) is 11.6 Å². The molecule has 19 heavy (non-hydrogen) atoms. The molecule has 0 saturated carbocycles. The number of imidazole rings is 1. The van der Waals surface area contributed by atoms with E-state index in [2.05, 4.69) is 9.88 Å². The van der Waals surface area contributed by atoms with Crippen LogP contribution in [-0.2, 0) is 0 Å². The highest BCUT2D eigenvalue weighted by atomic mass is 35.5. The number of benzene rings is 1. The minimum Gasteiger partial charge on any atom is -0.357 e. The molecule has 0 spiro atoms. The fourth-order valence-corrected chi connectivity index (χ4v) is 2.60. The Hall–Kier alpha value is -1.68. The quantitative estimate of drug-likeness (QED) is 0.917. The number of aromatic nitrogens is 2. The number of aromatic amines is 1. The molecule has 1 aromatic carbocycles. The molecule has 2 aromatic rings. The minimum atomic E-state index is -0.108. The standard InChI is InChI=1S/C14H16ClN3O/c15-11-4-6-12(7-5-11)18-10-13(16-14(18)19)17-8-2-1-3-9-17/h4-7,10H,1-3,8-9H2,(H,16,19). The maximum atomic E-state index is 12.0. The third-order valence-corrected chi connectivity index (χ3v) is 3.76. The van der Waals surface area contributed by atoms with Gasteiger partial charge in [-0.3, -0.25) is 9.55 Å². The molecule has 1 saturated heterocycles. The van der Waals surface area contributed by atoms with Crippen LogP contribution in [0.25, 0.3) is 5.69 Å². The van der Waals surface area contributed by atoms with Crippen molar-refractivity contribution in [3.05, 3.63) is 46.0 Å². The van der Waals surface area contributed by atoms with Crippen molar-refractivity contribution in [1.82, 2.24) is 9.55 Å². The van der Waals surface area contributed by atoms with Gasteiger partial charge in [-0.25, -0.2) is 4.79 Å². The highest BCUT2D eigenvalue weighted by molar-refractivity contribution is 6.30. The number of anilines is 1. The van der Waals surface area contributed by atoms with E-state index < -0.39 is 0 Å². The number of H-pyrrole nitrogens is 1. The average Bonchev–Trinajstić information content (AvgIpc) is 2.83. The Bertz CT molecular complexity index is 608. The number of hydrogen-bond donors (Lipinski definition) is 1. The van der Waals surface area contributed by atoms with Gasteiger partial charge in [-0.2, -0.15) is 0 Å². The first-order valence-electron chi connectivity index (χ1n) is 6.56. The summed E-state index contributed by atoms with van der Waals surface area (Å²) in [5.74, 6) is 0.902. The van der Waals surface area contributed by atoms with E-state index >= 15 is 0 Å². The molecule has 0 aliphatic carbocycles. The molecule has 2 heterocycles. The smallest absolute Gasteiger partial charge is 0.331 e. The normalized spacial score (nSPS) is 15.7. The van der Waals surface area contributed by atoms with E-state index in [9.17, 15) is 4.79 Å². The van der Waals surface area contributed by atoms with Gasteiger partial charge in [-0.05, 0) is 43.5 Å². The van der Waals surface area contributed by atoms with Crippen LogP contribution in [0.5, 0.6) is 0 Å². The maximum Gasteiger partial charge on any atom is 0.331 e. The van der Waals surface area contributed by atoms with Crippen LogP contribution in [0.4, 0.5) is 5.82 Å². The summed E-state index contributed by atoms with van der Waals surface area (Å²) in [4.78, 5) is 17.2.